The Morgan fingerprint density at radius 1 is 1.15 bits per heavy atom. The summed E-state index contributed by atoms with van der Waals surface area (Å²) >= 11 is 5.86. The van der Waals surface area contributed by atoms with Gasteiger partial charge in [0.1, 0.15) is 0 Å². The lowest BCUT2D eigenvalue weighted by Gasteiger charge is -2.32. The van der Waals surface area contributed by atoms with Crippen LogP contribution in [0.1, 0.15) is 37.7 Å². The third-order valence-electron chi connectivity index (χ3n) is 5.58. The fourth-order valence-electron chi connectivity index (χ4n) is 3.80. The Balaban J connectivity index is 1.37. The average molecular weight is 394 g/mol. The van der Waals surface area contributed by atoms with E-state index in [1.807, 2.05) is 36.2 Å². The molecule has 1 saturated heterocycles. The number of carbonyl (C=O) groups excluding carboxylic acids is 2. The van der Waals surface area contributed by atoms with Crippen LogP contribution in [0.25, 0.3) is 0 Å². The van der Waals surface area contributed by atoms with Gasteiger partial charge in [0.2, 0.25) is 5.91 Å². The number of amides is 3. The molecule has 2 N–H and O–H groups in total. The van der Waals surface area contributed by atoms with Crippen molar-refractivity contribution in [2.45, 2.75) is 50.7 Å². The maximum Gasteiger partial charge on any atom is 0.315 e. The lowest BCUT2D eigenvalue weighted by Crippen LogP contribution is -2.46. The highest BCUT2D eigenvalue weighted by Crippen LogP contribution is 2.27. The van der Waals surface area contributed by atoms with Crippen molar-refractivity contribution in [1.29, 1.82) is 0 Å². The van der Waals surface area contributed by atoms with E-state index >= 15 is 0 Å². The Hall–Kier alpha value is -1.79. The first-order valence-electron chi connectivity index (χ1n) is 9.66. The highest BCUT2D eigenvalue weighted by Gasteiger charge is 2.32. The molecule has 2 fully saturated rings. The first kappa shape index (κ1) is 20.0. The second-order valence-electron chi connectivity index (χ2n) is 7.47. The molecule has 0 spiro atoms. The van der Waals surface area contributed by atoms with E-state index in [1.54, 1.807) is 0 Å². The SMILES string of the molecule is CN(C(=O)[C@H]1CC[C@H](NC(=O)NCc2ccc(Cl)cc2)CC1)C1CCOC1. The van der Waals surface area contributed by atoms with E-state index in [-0.39, 0.29) is 29.9 Å². The van der Waals surface area contributed by atoms with Crippen molar-refractivity contribution in [2.75, 3.05) is 20.3 Å². The van der Waals surface area contributed by atoms with Crippen LogP contribution < -0.4 is 10.6 Å². The second kappa shape index (κ2) is 9.42. The van der Waals surface area contributed by atoms with E-state index in [2.05, 4.69) is 10.6 Å². The average Bonchev–Trinajstić information content (AvgIpc) is 3.22. The standard InChI is InChI=1S/C20H28ClN3O3/c1-24(18-10-11-27-13-18)19(25)15-4-8-17(9-5-15)23-20(26)22-12-14-2-6-16(21)7-3-14/h2-3,6-7,15,17-18H,4-5,8-13H2,1H3,(H2,22,23,26)/t15-,17-,18?. The molecule has 0 aromatic heterocycles. The summed E-state index contributed by atoms with van der Waals surface area (Å²) in [7, 11) is 1.89. The third-order valence-corrected chi connectivity index (χ3v) is 5.83. The molecule has 1 aliphatic heterocycles. The number of urea groups is 1. The van der Waals surface area contributed by atoms with Gasteiger partial charge in [0.05, 0.1) is 12.6 Å². The Kier molecular flexibility index (Phi) is 6.96. The lowest BCUT2D eigenvalue weighted by atomic mass is 9.85. The monoisotopic (exact) mass is 393 g/mol. The molecular formula is C20H28ClN3O3. The minimum atomic E-state index is -0.167. The summed E-state index contributed by atoms with van der Waals surface area (Å²) in [6.07, 6.45) is 4.23. The molecule has 3 amide bonds. The van der Waals surface area contributed by atoms with Gasteiger partial charge in [-0.1, -0.05) is 23.7 Å². The number of nitrogens with zero attached hydrogens (tertiary/aromatic N) is 1. The van der Waals surface area contributed by atoms with Crippen LogP contribution in [0.4, 0.5) is 4.79 Å². The van der Waals surface area contributed by atoms with Crippen molar-refractivity contribution in [3.63, 3.8) is 0 Å². The number of rotatable bonds is 5. The highest BCUT2D eigenvalue weighted by atomic mass is 35.5. The van der Waals surface area contributed by atoms with E-state index in [0.29, 0.717) is 18.2 Å². The van der Waals surface area contributed by atoms with Gasteiger partial charge in [0, 0.05) is 37.2 Å². The van der Waals surface area contributed by atoms with E-state index in [0.717, 1.165) is 44.3 Å². The summed E-state index contributed by atoms with van der Waals surface area (Å²) in [5.74, 6) is 0.280. The van der Waals surface area contributed by atoms with Gasteiger partial charge in [0.25, 0.3) is 0 Å². The Labute approximate surface area is 165 Å². The Bertz CT molecular complexity index is 638. The first-order valence-corrected chi connectivity index (χ1v) is 10.0. The van der Waals surface area contributed by atoms with Crippen LogP contribution in [0.2, 0.25) is 5.02 Å². The maximum atomic E-state index is 12.7. The van der Waals surface area contributed by atoms with Crippen molar-refractivity contribution in [3.05, 3.63) is 34.9 Å². The molecule has 1 aliphatic carbocycles. The van der Waals surface area contributed by atoms with E-state index in [9.17, 15) is 9.59 Å². The zero-order chi connectivity index (χ0) is 19.2. The molecule has 3 rings (SSSR count). The van der Waals surface area contributed by atoms with E-state index < -0.39 is 0 Å². The molecule has 7 heteroatoms. The molecule has 0 bridgehead atoms. The molecule has 1 heterocycles. The molecule has 1 aromatic carbocycles. The smallest absolute Gasteiger partial charge is 0.315 e. The molecule has 1 atom stereocenters. The van der Waals surface area contributed by atoms with Crippen molar-refractivity contribution < 1.29 is 14.3 Å². The van der Waals surface area contributed by atoms with Crippen LogP contribution in [0, 0.1) is 5.92 Å². The number of carbonyl (C=O) groups is 2. The summed E-state index contributed by atoms with van der Waals surface area (Å²) in [5, 5.41) is 6.58. The molecular weight excluding hydrogens is 366 g/mol. The minimum Gasteiger partial charge on any atom is -0.379 e. The van der Waals surface area contributed by atoms with E-state index in [1.165, 1.54) is 0 Å². The first-order chi connectivity index (χ1) is 13.0. The summed E-state index contributed by atoms with van der Waals surface area (Å²) in [5.41, 5.74) is 1.00. The maximum absolute atomic E-state index is 12.7. The van der Waals surface area contributed by atoms with E-state index in [4.69, 9.17) is 16.3 Å². The molecule has 0 radical (unpaired) electrons. The van der Waals surface area contributed by atoms with Gasteiger partial charge in [-0.25, -0.2) is 4.79 Å². The summed E-state index contributed by atoms with van der Waals surface area (Å²) < 4.78 is 5.38. The predicted octanol–water partition coefficient (Wildman–Crippen LogP) is 2.95. The van der Waals surface area contributed by atoms with Crippen LogP contribution in [0.5, 0.6) is 0 Å². The van der Waals surface area contributed by atoms with Gasteiger partial charge in [-0.15, -0.1) is 0 Å². The van der Waals surface area contributed by atoms with Crippen molar-refractivity contribution in [2.24, 2.45) is 5.92 Å². The summed E-state index contributed by atoms with van der Waals surface area (Å²) in [4.78, 5) is 26.6. The number of halogens is 1. The van der Waals surface area contributed by atoms with Gasteiger partial charge >= 0.3 is 6.03 Å². The molecule has 148 valence electrons. The number of likely N-dealkylation sites (N-methyl/N-ethyl adjacent to an activating group) is 1. The number of benzene rings is 1. The summed E-state index contributed by atoms with van der Waals surface area (Å²) in [6.45, 7) is 1.85. The van der Waals surface area contributed by atoms with Crippen LogP contribution in [0.3, 0.4) is 0 Å². The normalized spacial score (nSPS) is 25.0. The van der Waals surface area contributed by atoms with Crippen LogP contribution in [0.15, 0.2) is 24.3 Å². The largest absolute Gasteiger partial charge is 0.379 e. The quantitative estimate of drug-likeness (QED) is 0.807. The fraction of sp³-hybridized carbons (Fsp3) is 0.600. The van der Waals surface area contributed by atoms with Gasteiger partial charge < -0.3 is 20.3 Å². The Morgan fingerprint density at radius 2 is 1.85 bits per heavy atom. The molecule has 2 aliphatic rings. The summed E-state index contributed by atoms with van der Waals surface area (Å²) in [6, 6.07) is 7.58. The lowest BCUT2D eigenvalue weighted by molar-refractivity contribution is -0.137. The Morgan fingerprint density at radius 3 is 2.48 bits per heavy atom. The molecule has 1 aromatic rings. The highest BCUT2D eigenvalue weighted by molar-refractivity contribution is 6.30. The zero-order valence-electron chi connectivity index (χ0n) is 15.7. The van der Waals surface area contributed by atoms with Crippen molar-refractivity contribution in [1.82, 2.24) is 15.5 Å². The van der Waals surface area contributed by atoms with Crippen LogP contribution >= 0.6 is 11.6 Å². The van der Waals surface area contributed by atoms with Gasteiger partial charge in [-0.2, -0.15) is 0 Å². The molecule has 27 heavy (non-hydrogen) atoms. The van der Waals surface area contributed by atoms with Crippen LogP contribution in [-0.2, 0) is 16.1 Å². The predicted molar refractivity (Wildman–Crippen MR) is 105 cm³/mol. The molecule has 1 saturated carbocycles. The van der Waals surface area contributed by atoms with Gasteiger partial charge in [-0.05, 0) is 49.8 Å². The van der Waals surface area contributed by atoms with Crippen molar-refractivity contribution >= 4 is 23.5 Å². The third kappa shape index (κ3) is 5.59. The van der Waals surface area contributed by atoms with Gasteiger partial charge in [-0.3, -0.25) is 4.79 Å². The minimum absolute atomic E-state index is 0.0609. The topological polar surface area (TPSA) is 70.7 Å². The van der Waals surface area contributed by atoms with Crippen LogP contribution in [-0.4, -0.2) is 49.2 Å². The zero-order valence-corrected chi connectivity index (χ0v) is 16.5. The number of ether oxygens (including phenoxy) is 1. The fourth-order valence-corrected chi connectivity index (χ4v) is 3.93. The molecule has 6 nitrogen and oxygen atoms in total. The second-order valence-corrected chi connectivity index (χ2v) is 7.91. The number of hydrogen-bond donors (Lipinski definition) is 2. The number of hydrogen-bond acceptors (Lipinski definition) is 3. The van der Waals surface area contributed by atoms with Gasteiger partial charge in [0.15, 0.2) is 0 Å². The number of nitrogens with one attached hydrogen (secondary N) is 2. The molecule has 1 unspecified atom stereocenters. The van der Waals surface area contributed by atoms with Crippen molar-refractivity contribution in [3.8, 4) is 0 Å².